The van der Waals surface area contributed by atoms with Crippen LogP contribution in [0, 0.1) is 5.82 Å². The van der Waals surface area contributed by atoms with Crippen molar-refractivity contribution in [1.82, 2.24) is 10.2 Å². The molecule has 3 rings (SSSR count). The molecule has 1 heterocycles. The summed E-state index contributed by atoms with van der Waals surface area (Å²) >= 11 is 0. The first-order chi connectivity index (χ1) is 13.6. The number of carbonyl (C=O) groups is 1. The number of rotatable bonds is 8. The molecule has 0 saturated heterocycles. The molecule has 0 aliphatic rings. The smallest absolute Gasteiger partial charge is 0.229 e. The zero-order valence-electron chi connectivity index (χ0n) is 15.5. The highest BCUT2D eigenvalue weighted by molar-refractivity contribution is 5.91. The predicted molar refractivity (Wildman–Crippen MR) is 106 cm³/mol. The molecule has 0 spiro atoms. The van der Waals surface area contributed by atoms with Crippen LogP contribution < -0.4 is 15.4 Å². The summed E-state index contributed by atoms with van der Waals surface area (Å²) in [5.74, 6) is 1.26. The number of anilines is 2. The van der Waals surface area contributed by atoms with Crippen LogP contribution in [0.1, 0.15) is 11.1 Å². The van der Waals surface area contributed by atoms with E-state index in [1.54, 1.807) is 31.4 Å². The van der Waals surface area contributed by atoms with E-state index >= 15 is 0 Å². The number of amides is 1. The predicted octanol–water partition coefficient (Wildman–Crippen LogP) is 3.46. The van der Waals surface area contributed by atoms with Crippen LogP contribution in [0.3, 0.4) is 0 Å². The van der Waals surface area contributed by atoms with Gasteiger partial charge in [0.1, 0.15) is 17.4 Å². The van der Waals surface area contributed by atoms with E-state index in [1.165, 1.54) is 12.1 Å². The number of benzene rings is 2. The monoisotopic (exact) mass is 380 g/mol. The fraction of sp³-hybridized carbons (Fsp3) is 0.190. The third-order valence-electron chi connectivity index (χ3n) is 4.06. The van der Waals surface area contributed by atoms with Crippen LogP contribution in [0.5, 0.6) is 5.75 Å². The third kappa shape index (κ3) is 5.77. The van der Waals surface area contributed by atoms with E-state index in [2.05, 4.69) is 20.8 Å². The van der Waals surface area contributed by atoms with Crippen molar-refractivity contribution in [2.24, 2.45) is 0 Å². The fourth-order valence-electron chi connectivity index (χ4n) is 2.63. The van der Waals surface area contributed by atoms with Crippen molar-refractivity contribution in [3.8, 4) is 5.75 Å². The highest BCUT2D eigenvalue weighted by Gasteiger charge is 2.06. The molecule has 0 aliphatic heterocycles. The maximum absolute atomic E-state index is 12.9. The standard InChI is InChI=1S/C21H21FN4O2/c1-28-18-4-2-3-15(13-18)11-12-23-19-9-10-20(26-25-19)24-21(27)14-16-5-7-17(22)8-6-16/h2-10,13H,11-12,14H2,1H3,(H,23,25)(H,24,26,27). The van der Waals surface area contributed by atoms with Gasteiger partial charge in [0, 0.05) is 6.54 Å². The molecule has 0 radical (unpaired) electrons. The van der Waals surface area contributed by atoms with Crippen LogP contribution >= 0.6 is 0 Å². The number of nitrogens with one attached hydrogen (secondary N) is 2. The van der Waals surface area contributed by atoms with Gasteiger partial charge >= 0.3 is 0 Å². The average molecular weight is 380 g/mol. The minimum atomic E-state index is -0.329. The fourth-order valence-corrected chi connectivity index (χ4v) is 2.63. The molecule has 0 unspecified atom stereocenters. The van der Waals surface area contributed by atoms with Gasteiger partial charge in [-0.2, -0.15) is 0 Å². The second kappa shape index (κ2) is 9.45. The lowest BCUT2D eigenvalue weighted by atomic mass is 10.1. The van der Waals surface area contributed by atoms with Crippen LogP contribution in [-0.2, 0) is 17.6 Å². The van der Waals surface area contributed by atoms with Gasteiger partial charge in [0.15, 0.2) is 5.82 Å². The summed E-state index contributed by atoms with van der Waals surface area (Å²) in [4.78, 5) is 12.0. The van der Waals surface area contributed by atoms with Gasteiger partial charge in [0.2, 0.25) is 5.91 Å². The first kappa shape index (κ1) is 19.3. The van der Waals surface area contributed by atoms with E-state index in [-0.39, 0.29) is 18.1 Å². The van der Waals surface area contributed by atoms with Crippen molar-refractivity contribution in [2.45, 2.75) is 12.8 Å². The Hall–Kier alpha value is -3.48. The summed E-state index contributed by atoms with van der Waals surface area (Å²) in [5.41, 5.74) is 1.88. The number of carbonyl (C=O) groups excluding carboxylic acids is 1. The molecule has 3 aromatic rings. The van der Waals surface area contributed by atoms with Crippen LogP contribution in [0.15, 0.2) is 60.7 Å². The minimum absolute atomic E-state index is 0.141. The zero-order chi connectivity index (χ0) is 19.8. The number of halogens is 1. The van der Waals surface area contributed by atoms with Crippen LogP contribution in [0.4, 0.5) is 16.0 Å². The Kier molecular flexibility index (Phi) is 6.51. The van der Waals surface area contributed by atoms with Crippen molar-refractivity contribution in [3.63, 3.8) is 0 Å². The normalized spacial score (nSPS) is 10.4. The minimum Gasteiger partial charge on any atom is -0.497 e. The molecule has 0 bridgehead atoms. The molecule has 0 fully saturated rings. The number of methoxy groups -OCH3 is 1. The quantitative estimate of drug-likeness (QED) is 0.626. The van der Waals surface area contributed by atoms with Crippen LogP contribution in [-0.4, -0.2) is 29.8 Å². The van der Waals surface area contributed by atoms with Gasteiger partial charge in [-0.15, -0.1) is 10.2 Å². The Morgan fingerprint density at radius 3 is 2.46 bits per heavy atom. The van der Waals surface area contributed by atoms with Gasteiger partial charge in [-0.05, 0) is 53.9 Å². The SMILES string of the molecule is COc1cccc(CCNc2ccc(NC(=O)Cc3ccc(F)cc3)nn2)c1. The molecule has 1 aromatic heterocycles. The van der Waals surface area contributed by atoms with Crippen molar-refractivity contribution >= 4 is 17.5 Å². The van der Waals surface area contributed by atoms with E-state index in [0.717, 1.165) is 23.3 Å². The number of aromatic nitrogens is 2. The summed E-state index contributed by atoms with van der Waals surface area (Å²) in [7, 11) is 1.65. The van der Waals surface area contributed by atoms with E-state index in [4.69, 9.17) is 4.74 Å². The van der Waals surface area contributed by atoms with E-state index in [9.17, 15) is 9.18 Å². The van der Waals surface area contributed by atoms with Crippen LogP contribution in [0.25, 0.3) is 0 Å². The zero-order valence-corrected chi connectivity index (χ0v) is 15.5. The van der Waals surface area contributed by atoms with Crippen molar-refractivity contribution in [2.75, 3.05) is 24.3 Å². The Morgan fingerprint density at radius 1 is 1.00 bits per heavy atom. The molecule has 144 valence electrons. The van der Waals surface area contributed by atoms with E-state index < -0.39 is 0 Å². The lowest BCUT2D eigenvalue weighted by molar-refractivity contribution is -0.115. The summed E-state index contributed by atoms with van der Waals surface area (Å²) in [5, 5.41) is 13.9. The maximum atomic E-state index is 12.9. The summed E-state index contributed by atoms with van der Waals surface area (Å²) in [6, 6.07) is 17.1. The van der Waals surface area contributed by atoms with Gasteiger partial charge in [-0.1, -0.05) is 24.3 Å². The lowest BCUT2D eigenvalue weighted by Gasteiger charge is -2.08. The van der Waals surface area contributed by atoms with Crippen molar-refractivity contribution in [1.29, 1.82) is 0 Å². The molecule has 28 heavy (non-hydrogen) atoms. The Morgan fingerprint density at radius 2 is 1.75 bits per heavy atom. The Labute approximate surface area is 162 Å². The van der Waals surface area contributed by atoms with Crippen LogP contribution in [0.2, 0.25) is 0 Å². The highest BCUT2D eigenvalue weighted by atomic mass is 19.1. The maximum Gasteiger partial charge on any atom is 0.229 e. The number of hydrogen-bond acceptors (Lipinski definition) is 5. The number of hydrogen-bond donors (Lipinski definition) is 2. The molecule has 0 aliphatic carbocycles. The highest BCUT2D eigenvalue weighted by Crippen LogP contribution is 2.13. The Balaban J connectivity index is 1.46. The Bertz CT molecular complexity index is 914. The van der Waals surface area contributed by atoms with E-state index in [0.29, 0.717) is 18.2 Å². The molecule has 1 amide bonds. The number of ether oxygens (including phenoxy) is 1. The van der Waals surface area contributed by atoms with Gasteiger partial charge in [-0.25, -0.2) is 4.39 Å². The second-order valence-corrected chi connectivity index (χ2v) is 6.18. The first-order valence-electron chi connectivity index (χ1n) is 8.87. The summed E-state index contributed by atoms with van der Waals surface area (Å²) in [6.07, 6.45) is 0.956. The molecule has 2 N–H and O–H groups in total. The van der Waals surface area contributed by atoms with Gasteiger partial charge in [0.25, 0.3) is 0 Å². The molecule has 6 nitrogen and oxygen atoms in total. The molecular weight excluding hydrogens is 359 g/mol. The molecule has 0 atom stereocenters. The topological polar surface area (TPSA) is 76.1 Å². The molecule has 7 heteroatoms. The summed E-state index contributed by atoms with van der Waals surface area (Å²) in [6.45, 7) is 0.693. The molecule has 2 aromatic carbocycles. The van der Waals surface area contributed by atoms with Gasteiger partial charge in [0.05, 0.1) is 13.5 Å². The van der Waals surface area contributed by atoms with Crippen molar-refractivity contribution in [3.05, 3.63) is 77.6 Å². The molecular formula is C21H21FN4O2. The third-order valence-corrected chi connectivity index (χ3v) is 4.06. The molecule has 0 saturated carbocycles. The second-order valence-electron chi connectivity index (χ2n) is 6.18. The summed E-state index contributed by atoms with van der Waals surface area (Å²) < 4.78 is 18.1. The first-order valence-corrected chi connectivity index (χ1v) is 8.87. The van der Waals surface area contributed by atoms with Gasteiger partial charge < -0.3 is 15.4 Å². The lowest BCUT2D eigenvalue weighted by Crippen LogP contribution is -2.16. The van der Waals surface area contributed by atoms with E-state index in [1.807, 2.05) is 24.3 Å². The van der Waals surface area contributed by atoms with Gasteiger partial charge in [-0.3, -0.25) is 4.79 Å². The van der Waals surface area contributed by atoms with Crippen molar-refractivity contribution < 1.29 is 13.9 Å². The number of nitrogens with zero attached hydrogens (tertiary/aromatic N) is 2. The average Bonchev–Trinajstić information content (AvgIpc) is 2.71. The largest absolute Gasteiger partial charge is 0.497 e.